The average Bonchev–Trinajstić information content (AvgIpc) is 2.84. The number of carbonyl (C=O) groups excluding carboxylic acids is 1. The Morgan fingerprint density at radius 1 is 1.37 bits per heavy atom. The highest BCUT2D eigenvalue weighted by molar-refractivity contribution is 6.17. The molecule has 5 heteroatoms. The van der Waals surface area contributed by atoms with Gasteiger partial charge in [-0.3, -0.25) is 4.79 Å². The second-order valence-electron chi connectivity index (χ2n) is 4.72. The highest BCUT2D eigenvalue weighted by Gasteiger charge is 2.31. The number of nitrogens with zero attached hydrogens (tertiary/aromatic N) is 1. The molecule has 1 saturated heterocycles. The van der Waals surface area contributed by atoms with Crippen LogP contribution in [-0.2, 0) is 0 Å². The van der Waals surface area contributed by atoms with E-state index in [-0.39, 0.29) is 6.04 Å². The summed E-state index contributed by atoms with van der Waals surface area (Å²) in [6.07, 6.45) is 3.33. The summed E-state index contributed by atoms with van der Waals surface area (Å²) in [5.41, 5.74) is -0.444. The molecule has 104 valence electrons. The number of likely N-dealkylation sites (tertiary alicyclic amines) is 1. The third-order valence-electron chi connectivity index (χ3n) is 3.49. The lowest BCUT2D eigenvalue weighted by Crippen LogP contribution is -2.36. The molecule has 0 radical (unpaired) electrons. The number of rotatable bonds is 4. The molecule has 2 rings (SSSR count). The Hall–Kier alpha value is -1.16. The monoisotopic (exact) mass is 287 g/mol. The fraction of sp³-hybridized carbons (Fsp3) is 0.500. The number of hydrogen-bond acceptors (Lipinski definition) is 1. The average molecular weight is 288 g/mol. The summed E-state index contributed by atoms with van der Waals surface area (Å²) >= 11 is 5.65. The van der Waals surface area contributed by atoms with Crippen LogP contribution in [0.1, 0.15) is 36.0 Å². The molecular weight excluding hydrogens is 272 g/mol. The van der Waals surface area contributed by atoms with Gasteiger partial charge in [0.25, 0.3) is 5.91 Å². The van der Waals surface area contributed by atoms with Gasteiger partial charge in [0.1, 0.15) is 17.2 Å². The van der Waals surface area contributed by atoms with Crippen LogP contribution in [0.3, 0.4) is 0 Å². The topological polar surface area (TPSA) is 20.3 Å². The molecule has 1 atom stereocenters. The Morgan fingerprint density at radius 3 is 2.68 bits per heavy atom. The molecule has 0 N–H and O–H groups in total. The van der Waals surface area contributed by atoms with Crippen LogP contribution in [0, 0.1) is 11.6 Å². The Balaban J connectivity index is 2.18. The van der Waals surface area contributed by atoms with Crippen molar-refractivity contribution in [2.75, 3.05) is 12.4 Å². The largest absolute Gasteiger partial charge is 0.335 e. The van der Waals surface area contributed by atoms with Gasteiger partial charge in [0.15, 0.2) is 0 Å². The van der Waals surface area contributed by atoms with E-state index >= 15 is 0 Å². The van der Waals surface area contributed by atoms with Crippen molar-refractivity contribution in [2.45, 2.75) is 31.7 Å². The zero-order valence-corrected chi connectivity index (χ0v) is 11.3. The lowest BCUT2D eigenvalue weighted by Gasteiger charge is -2.25. The third kappa shape index (κ3) is 3.06. The van der Waals surface area contributed by atoms with E-state index in [1.54, 1.807) is 4.90 Å². The molecule has 1 amide bonds. The predicted molar refractivity (Wildman–Crippen MR) is 70.4 cm³/mol. The lowest BCUT2D eigenvalue weighted by atomic mass is 10.1. The second kappa shape index (κ2) is 6.33. The number of hydrogen-bond donors (Lipinski definition) is 0. The molecule has 2 nitrogen and oxygen atoms in total. The van der Waals surface area contributed by atoms with E-state index in [1.165, 1.54) is 6.07 Å². The van der Waals surface area contributed by atoms with Crippen LogP contribution in [0.5, 0.6) is 0 Å². The first-order chi connectivity index (χ1) is 9.15. The van der Waals surface area contributed by atoms with E-state index in [4.69, 9.17) is 11.6 Å². The van der Waals surface area contributed by atoms with E-state index in [2.05, 4.69) is 0 Å². The first-order valence-electron chi connectivity index (χ1n) is 6.46. The quantitative estimate of drug-likeness (QED) is 0.775. The van der Waals surface area contributed by atoms with Gasteiger partial charge in [-0.25, -0.2) is 8.78 Å². The van der Waals surface area contributed by atoms with Gasteiger partial charge in [-0.05, 0) is 37.8 Å². The second-order valence-corrected chi connectivity index (χ2v) is 5.10. The van der Waals surface area contributed by atoms with Crippen molar-refractivity contribution in [3.8, 4) is 0 Å². The maximum absolute atomic E-state index is 13.6. The molecule has 0 aromatic heterocycles. The van der Waals surface area contributed by atoms with E-state index in [1.807, 2.05) is 0 Å². The minimum Gasteiger partial charge on any atom is -0.335 e. The smallest absolute Gasteiger partial charge is 0.260 e. The molecule has 1 aliphatic heterocycles. The minimum absolute atomic E-state index is 0.0465. The van der Waals surface area contributed by atoms with Gasteiger partial charge >= 0.3 is 0 Å². The lowest BCUT2D eigenvalue weighted by molar-refractivity contribution is 0.0720. The molecule has 0 saturated carbocycles. The number of carbonyl (C=O) groups is 1. The molecule has 1 aromatic carbocycles. The van der Waals surface area contributed by atoms with Crippen molar-refractivity contribution in [1.29, 1.82) is 0 Å². The minimum atomic E-state index is -0.798. The molecule has 1 fully saturated rings. The van der Waals surface area contributed by atoms with E-state index in [0.29, 0.717) is 12.4 Å². The van der Waals surface area contributed by atoms with E-state index in [0.717, 1.165) is 37.8 Å². The SMILES string of the molecule is O=C(c1c(F)cccc1F)N1CCCC1CCCCl. The van der Waals surface area contributed by atoms with Gasteiger partial charge in [-0.15, -0.1) is 11.6 Å². The van der Waals surface area contributed by atoms with Crippen molar-refractivity contribution in [2.24, 2.45) is 0 Å². The molecular formula is C14H16ClF2NO. The first kappa shape index (κ1) is 14.3. The number of halogens is 3. The molecule has 1 unspecified atom stereocenters. The van der Waals surface area contributed by atoms with Crippen molar-refractivity contribution >= 4 is 17.5 Å². The maximum atomic E-state index is 13.6. The van der Waals surface area contributed by atoms with Crippen molar-refractivity contribution in [1.82, 2.24) is 4.90 Å². The summed E-state index contributed by atoms with van der Waals surface area (Å²) in [4.78, 5) is 13.9. The van der Waals surface area contributed by atoms with E-state index < -0.39 is 23.1 Å². The Labute approximate surface area is 116 Å². The summed E-state index contributed by atoms with van der Waals surface area (Å²) in [6.45, 7) is 0.555. The highest BCUT2D eigenvalue weighted by Crippen LogP contribution is 2.25. The Bertz CT molecular complexity index is 447. The zero-order valence-electron chi connectivity index (χ0n) is 10.5. The molecule has 19 heavy (non-hydrogen) atoms. The third-order valence-corrected chi connectivity index (χ3v) is 3.75. The van der Waals surface area contributed by atoms with Gasteiger partial charge in [0.05, 0.1) is 0 Å². The van der Waals surface area contributed by atoms with Crippen LogP contribution in [-0.4, -0.2) is 29.3 Å². The maximum Gasteiger partial charge on any atom is 0.260 e. The first-order valence-corrected chi connectivity index (χ1v) is 6.99. The normalized spacial score (nSPS) is 18.9. The van der Waals surface area contributed by atoms with E-state index in [9.17, 15) is 13.6 Å². The van der Waals surface area contributed by atoms with Gasteiger partial charge < -0.3 is 4.90 Å². The summed E-state index contributed by atoms with van der Waals surface area (Å²) in [7, 11) is 0. The molecule has 0 aliphatic carbocycles. The molecule has 1 heterocycles. The fourth-order valence-electron chi connectivity index (χ4n) is 2.56. The van der Waals surface area contributed by atoms with Gasteiger partial charge in [-0.1, -0.05) is 6.07 Å². The number of benzene rings is 1. The summed E-state index contributed by atoms with van der Waals surface area (Å²) < 4.78 is 27.2. The van der Waals surface area contributed by atoms with Crippen LogP contribution in [0.4, 0.5) is 8.78 Å². The summed E-state index contributed by atoms with van der Waals surface area (Å²) in [6, 6.07) is 3.53. The standard InChI is InChI=1S/C14H16ClF2NO/c15-8-2-4-10-5-3-9-18(10)14(19)13-11(16)6-1-7-12(13)17/h1,6-7,10H,2-5,8-9H2. The van der Waals surface area contributed by atoms with Crippen molar-refractivity contribution in [3.63, 3.8) is 0 Å². The zero-order chi connectivity index (χ0) is 13.8. The highest BCUT2D eigenvalue weighted by atomic mass is 35.5. The van der Waals surface area contributed by atoms with Crippen molar-refractivity contribution in [3.05, 3.63) is 35.4 Å². The molecule has 0 spiro atoms. The van der Waals surface area contributed by atoms with Gasteiger partial charge in [-0.2, -0.15) is 0 Å². The van der Waals surface area contributed by atoms with Crippen LogP contribution in [0.2, 0.25) is 0 Å². The number of alkyl halides is 1. The van der Waals surface area contributed by atoms with Crippen LogP contribution >= 0.6 is 11.6 Å². The van der Waals surface area contributed by atoms with Gasteiger partial charge in [0.2, 0.25) is 0 Å². The Kier molecular flexibility index (Phi) is 4.75. The molecule has 1 aliphatic rings. The van der Waals surface area contributed by atoms with Crippen molar-refractivity contribution < 1.29 is 13.6 Å². The fourth-order valence-corrected chi connectivity index (χ4v) is 2.72. The number of amides is 1. The molecule has 1 aromatic rings. The van der Waals surface area contributed by atoms with Crippen LogP contribution in [0.15, 0.2) is 18.2 Å². The van der Waals surface area contributed by atoms with Gasteiger partial charge in [0, 0.05) is 18.5 Å². The summed E-state index contributed by atoms with van der Waals surface area (Å²) in [5.74, 6) is -1.61. The predicted octanol–water partition coefficient (Wildman–Crippen LogP) is 3.59. The van der Waals surface area contributed by atoms with Crippen LogP contribution < -0.4 is 0 Å². The Morgan fingerprint density at radius 2 is 2.05 bits per heavy atom. The molecule has 0 bridgehead atoms. The van der Waals surface area contributed by atoms with Crippen LogP contribution in [0.25, 0.3) is 0 Å². The summed E-state index contributed by atoms with van der Waals surface area (Å²) in [5, 5.41) is 0.